The van der Waals surface area contributed by atoms with E-state index in [0.717, 1.165) is 60.8 Å². The third-order valence-corrected chi connectivity index (χ3v) is 7.15. The van der Waals surface area contributed by atoms with Crippen LogP contribution in [-0.2, 0) is 6.42 Å². The average molecular weight is 521 g/mol. The summed E-state index contributed by atoms with van der Waals surface area (Å²) in [5.74, 6) is 2.88. The molecular weight excluding hydrogens is 495 g/mol. The normalized spacial score (nSPS) is 16.3. The molecule has 4 aromatic rings. The van der Waals surface area contributed by atoms with Gasteiger partial charge >= 0.3 is 0 Å². The number of hydrogen-bond acceptors (Lipinski definition) is 7. The van der Waals surface area contributed by atoms with Crippen LogP contribution in [0.1, 0.15) is 35.6 Å². The van der Waals surface area contributed by atoms with E-state index in [-0.39, 0.29) is 5.92 Å². The standard InChI is InChI=1S/C27H26ClFN6O2/c1-36-23-13-18(5-10-22(23)35-14-24(28)30-16-35)31-27-32-25-20(17-3-6-19(7-4-17)37-15-29)8-9-21(25)26(33-27)34-11-2-12-34/h3-7,10,13-14,16,20H,2,8-9,11-12,15H2,1H3,(H,31,32,33). The average Bonchev–Trinajstić information content (AvgIpc) is 3.50. The molecule has 1 atom stereocenters. The summed E-state index contributed by atoms with van der Waals surface area (Å²) < 4.78 is 25.0. The van der Waals surface area contributed by atoms with Crippen molar-refractivity contribution in [3.05, 3.63) is 77.0 Å². The maximum absolute atomic E-state index is 12.5. The lowest BCUT2D eigenvalue weighted by molar-refractivity contribution is 0.191. The van der Waals surface area contributed by atoms with E-state index >= 15 is 0 Å². The number of alkyl halides is 1. The molecule has 1 saturated heterocycles. The number of halogens is 2. The van der Waals surface area contributed by atoms with Gasteiger partial charge in [-0.3, -0.25) is 0 Å². The zero-order valence-corrected chi connectivity index (χ0v) is 21.1. The van der Waals surface area contributed by atoms with Crippen LogP contribution >= 0.6 is 11.6 Å². The minimum atomic E-state index is -0.838. The van der Waals surface area contributed by atoms with E-state index in [1.54, 1.807) is 19.6 Å². The Morgan fingerprint density at radius 2 is 1.97 bits per heavy atom. The molecule has 37 heavy (non-hydrogen) atoms. The van der Waals surface area contributed by atoms with Gasteiger partial charge in [-0.1, -0.05) is 23.7 Å². The van der Waals surface area contributed by atoms with Gasteiger partial charge in [-0.2, -0.15) is 4.98 Å². The molecule has 1 aliphatic carbocycles. The predicted molar refractivity (Wildman–Crippen MR) is 140 cm³/mol. The molecule has 0 bridgehead atoms. The minimum absolute atomic E-state index is 0.140. The minimum Gasteiger partial charge on any atom is -0.494 e. The lowest BCUT2D eigenvalue weighted by Gasteiger charge is -2.33. The van der Waals surface area contributed by atoms with Crippen LogP contribution in [0.25, 0.3) is 5.69 Å². The summed E-state index contributed by atoms with van der Waals surface area (Å²) in [6.07, 6.45) is 6.41. The number of aromatic nitrogens is 4. The molecule has 1 fully saturated rings. The van der Waals surface area contributed by atoms with Crippen LogP contribution in [0.15, 0.2) is 55.0 Å². The molecule has 1 N–H and O–H groups in total. The molecule has 0 radical (unpaired) electrons. The SMILES string of the molecule is COc1cc(Nc2nc3c(c(N4CCC4)n2)CCC3c2ccc(OCF)cc2)ccc1-n1cnc(Cl)c1. The molecule has 10 heteroatoms. The van der Waals surface area contributed by atoms with E-state index in [1.165, 1.54) is 5.56 Å². The van der Waals surface area contributed by atoms with Gasteiger partial charge < -0.3 is 24.3 Å². The first kappa shape index (κ1) is 23.5. The van der Waals surface area contributed by atoms with E-state index in [4.69, 9.17) is 31.0 Å². The first-order valence-electron chi connectivity index (χ1n) is 12.2. The summed E-state index contributed by atoms with van der Waals surface area (Å²) in [5, 5.41) is 3.80. The molecule has 0 spiro atoms. The number of anilines is 3. The first-order valence-corrected chi connectivity index (χ1v) is 12.6. The fraction of sp³-hybridized carbons (Fsp3) is 0.296. The Bertz CT molecular complexity index is 1420. The third kappa shape index (κ3) is 4.55. The van der Waals surface area contributed by atoms with Gasteiger partial charge in [0.1, 0.15) is 28.8 Å². The van der Waals surface area contributed by atoms with Crippen molar-refractivity contribution < 1.29 is 13.9 Å². The van der Waals surface area contributed by atoms with Gasteiger partial charge in [0.25, 0.3) is 0 Å². The van der Waals surface area contributed by atoms with Gasteiger partial charge in [0.2, 0.25) is 12.8 Å². The largest absolute Gasteiger partial charge is 0.494 e. The highest BCUT2D eigenvalue weighted by Gasteiger charge is 2.32. The fourth-order valence-electron chi connectivity index (χ4n) is 5.00. The van der Waals surface area contributed by atoms with Crippen LogP contribution in [0, 0.1) is 0 Å². The van der Waals surface area contributed by atoms with Gasteiger partial charge in [0.05, 0.1) is 18.5 Å². The molecule has 2 aliphatic rings. The number of nitrogens with one attached hydrogen (secondary N) is 1. The Morgan fingerprint density at radius 3 is 2.65 bits per heavy atom. The second-order valence-electron chi connectivity index (χ2n) is 9.10. The number of nitrogens with zero attached hydrogens (tertiary/aromatic N) is 5. The van der Waals surface area contributed by atoms with Crippen LogP contribution in [0.2, 0.25) is 5.15 Å². The summed E-state index contributed by atoms with van der Waals surface area (Å²) >= 11 is 6.00. The predicted octanol–water partition coefficient (Wildman–Crippen LogP) is 5.66. The van der Waals surface area contributed by atoms with Crippen molar-refractivity contribution in [1.82, 2.24) is 19.5 Å². The second-order valence-corrected chi connectivity index (χ2v) is 9.49. The van der Waals surface area contributed by atoms with Crippen molar-refractivity contribution in [3.8, 4) is 17.2 Å². The second kappa shape index (κ2) is 9.89. The monoisotopic (exact) mass is 520 g/mol. The van der Waals surface area contributed by atoms with Crippen LogP contribution in [0.3, 0.4) is 0 Å². The number of hydrogen-bond donors (Lipinski definition) is 1. The molecule has 0 amide bonds. The Morgan fingerprint density at radius 1 is 1.14 bits per heavy atom. The molecule has 2 aromatic carbocycles. The summed E-state index contributed by atoms with van der Waals surface area (Å²) in [4.78, 5) is 16.3. The molecule has 3 heterocycles. The lowest BCUT2D eigenvalue weighted by atomic mass is 9.96. The van der Waals surface area contributed by atoms with Crippen molar-refractivity contribution in [2.24, 2.45) is 0 Å². The summed E-state index contributed by atoms with van der Waals surface area (Å²) in [6, 6.07) is 13.4. The number of benzene rings is 2. The smallest absolute Gasteiger partial charge is 0.229 e. The number of imidazole rings is 1. The van der Waals surface area contributed by atoms with Crippen molar-refractivity contribution in [1.29, 1.82) is 0 Å². The van der Waals surface area contributed by atoms with E-state index in [2.05, 4.69) is 15.2 Å². The van der Waals surface area contributed by atoms with Gasteiger partial charge in [-0.05, 0) is 49.1 Å². The van der Waals surface area contributed by atoms with Gasteiger partial charge in [0.15, 0.2) is 0 Å². The van der Waals surface area contributed by atoms with Crippen molar-refractivity contribution >= 4 is 29.1 Å². The zero-order valence-electron chi connectivity index (χ0n) is 20.3. The highest BCUT2D eigenvalue weighted by atomic mass is 35.5. The topological polar surface area (TPSA) is 77.3 Å². The zero-order chi connectivity index (χ0) is 25.4. The highest BCUT2D eigenvalue weighted by molar-refractivity contribution is 6.29. The van der Waals surface area contributed by atoms with Crippen molar-refractivity contribution in [2.45, 2.75) is 25.2 Å². The molecule has 6 rings (SSSR count). The third-order valence-electron chi connectivity index (χ3n) is 6.95. The summed E-state index contributed by atoms with van der Waals surface area (Å²) in [7, 11) is 1.63. The Labute approximate surface area is 219 Å². The van der Waals surface area contributed by atoms with Gasteiger partial charge in [-0.25, -0.2) is 14.4 Å². The molecular formula is C27H26ClFN6O2. The van der Waals surface area contributed by atoms with Crippen molar-refractivity contribution in [2.75, 3.05) is 37.3 Å². The summed E-state index contributed by atoms with van der Waals surface area (Å²) in [5.41, 5.74) is 5.01. The molecule has 2 aromatic heterocycles. The van der Waals surface area contributed by atoms with E-state index in [9.17, 15) is 4.39 Å². The highest BCUT2D eigenvalue weighted by Crippen LogP contribution is 2.42. The van der Waals surface area contributed by atoms with Crippen LogP contribution < -0.4 is 19.7 Å². The molecule has 1 unspecified atom stereocenters. The Kier molecular flexibility index (Phi) is 6.30. The van der Waals surface area contributed by atoms with Crippen LogP contribution in [0.4, 0.5) is 21.8 Å². The van der Waals surface area contributed by atoms with E-state index < -0.39 is 6.86 Å². The molecule has 0 saturated carbocycles. The molecule has 8 nitrogen and oxygen atoms in total. The number of ether oxygens (including phenoxy) is 2. The molecule has 190 valence electrons. The number of fused-ring (bicyclic) bond motifs is 1. The quantitative estimate of drug-likeness (QED) is 0.321. The summed E-state index contributed by atoms with van der Waals surface area (Å²) in [6.45, 7) is 1.16. The van der Waals surface area contributed by atoms with E-state index in [1.807, 2.05) is 47.0 Å². The van der Waals surface area contributed by atoms with Crippen LogP contribution in [0.5, 0.6) is 11.5 Å². The van der Waals surface area contributed by atoms with E-state index in [0.29, 0.717) is 22.6 Å². The number of methoxy groups -OCH3 is 1. The Balaban J connectivity index is 1.33. The maximum Gasteiger partial charge on any atom is 0.229 e. The number of rotatable bonds is 8. The maximum atomic E-state index is 12.5. The Hall–Kier alpha value is -3.85. The van der Waals surface area contributed by atoms with Crippen molar-refractivity contribution in [3.63, 3.8) is 0 Å². The fourth-order valence-corrected chi connectivity index (χ4v) is 5.15. The lowest BCUT2D eigenvalue weighted by Crippen LogP contribution is -2.38. The van der Waals surface area contributed by atoms with Gasteiger partial charge in [0, 0.05) is 42.5 Å². The molecule has 1 aliphatic heterocycles. The first-order chi connectivity index (χ1) is 18.1. The van der Waals surface area contributed by atoms with Crippen LogP contribution in [-0.4, -0.2) is 46.6 Å². The van der Waals surface area contributed by atoms with Gasteiger partial charge in [-0.15, -0.1) is 0 Å².